The minimum atomic E-state index is -0.229. The summed E-state index contributed by atoms with van der Waals surface area (Å²) in [6.07, 6.45) is 0. The van der Waals surface area contributed by atoms with Crippen LogP contribution in [0.25, 0.3) is 0 Å². The average molecular weight is 278 g/mol. The summed E-state index contributed by atoms with van der Waals surface area (Å²) in [5.41, 5.74) is 3.11. The lowest BCUT2D eigenvalue weighted by atomic mass is 10.2. The van der Waals surface area contributed by atoms with Crippen LogP contribution in [-0.4, -0.2) is 29.1 Å². The zero-order chi connectivity index (χ0) is 13.5. The number of amides is 1. The van der Waals surface area contributed by atoms with Gasteiger partial charge in [-0.1, -0.05) is 6.07 Å². The fraction of sp³-hybridized carbons (Fsp3) is 0.231. The third kappa shape index (κ3) is 4.04. The molecule has 6 heteroatoms. The molecule has 2 N–H and O–H groups in total. The molecule has 0 aliphatic rings. The third-order valence-electron chi connectivity index (χ3n) is 2.36. The van der Waals surface area contributed by atoms with Crippen LogP contribution in [0.4, 0.5) is 0 Å². The van der Waals surface area contributed by atoms with Crippen LogP contribution in [0.15, 0.2) is 35.2 Å². The molecule has 0 saturated carbocycles. The van der Waals surface area contributed by atoms with Gasteiger partial charge < -0.3 is 15.2 Å². The molecular weight excluding hydrogens is 264 g/mol. The summed E-state index contributed by atoms with van der Waals surface area (Å²) in [4.78, 5) is 15.8. The molecule has 1 amide bonds. The standard InChI is InChI=1S/C13H14N2O3S/c16-5-4-14-13(17)10-2-1-3-12(6-10)18-7-11-8-19-9-15-11/h1-3,6,8-9,16H,4-5,7H2,(H,14,17). The summed E-state index contributed by atoms with van der Waals surface area (Å²) in [5, 5.41) is 13.2. The molecule has 0 bridgehead atoms. The number of hydrogen-bond donors (Lipinski definition) is 2. The van der Waals surface area contributed by atoms with E-state index in [-0.39, 0.29) is 19.1 Å². The maximum atomic E-state index is 11.7. The summed E-state index contributed by atoms with van der Waals surface area (Å²) in [5.74, 6) is 0.387. The number of aliphatic hydroxyl groups is 1. The summed E-state index contributed by atoms with van der Waals surface area (Å²) in [6, 6.07) is 6.90. The number of carbonyl (C=O) groups excluding carboxylic acids is 1. The van der Waals surface area contributed by atoms with Gasteiger partial charge in [0.25, 0.3) is 5.91 Å². The van der Waals surface area contributed by atoms with Crippen molar-refractivity contribution >= 4 is 17.2 Å². The maximum Gasteiger partial charge on any atom is 0.251 e. The van der Waals surface area contributed by atoms with Crippen LogP contribution < -0.4 is 10.1 Å². The Morgan fingerprint density at radius 3 is 3.11 bits per heavy atom. The number of aromatic nitrogens is 1. The van der Waals surface area contributed by atoms with Crippen molar-refractivity contribution in [1.82, 2.24) is 10.3 Å². The first-order valence-corrected chi connectivity index (χ1v) is 6.73. The summed E-state index contributed by atoms with van der Waals surface area (Å²) < 4.78 is 5.56. The highest BCUT2D eigenvalue weighted by Crippen LogP contribution is 2.15. The lowest BCUT2D eigenvalue weighted by Crippen LogP contribution is -2.26. The van der Waals surface area contributed by atoms with E-state index in [0.717, 1.165) is 5.69 Å². The van der Waals surface area contributed by atoms with Crippen LogP contribution in [0.1, 0.15) is 16.1 Å². The zero-order valence-corrected chi connectivity index (χ0v) is 11.0. The molecule has 100 valence electrons. The first-order valence-electron chi connectivity index (χ1n) is 5.78. The molecule has 0 aliphatic heterocycles. The fourth-order valence-electron chi connectivity index (χ4n) is 1.46. The lowest BCUT2D eigenvalue weighted by Gasteiger charge is -2.07. The van der Waals surface area contributed by atoms with E-state index >= 15 is 0 Å². The normalized spacial score (nSPS) is 10.2. The maximum absolute atomic E-state index is 11.7. The van der Waals surface area contributed by atoms with Gasteiger partial charge in [0.05, 0.1) is 17.8 Å². The predicted octanol–water partition coefficient (Wildman–Crippen LogP) is 1.44. The van der Waals surface area contributed by atoms with E-state index in [0.29, 0.717) is 17.9 Å². The van der Waals surface area contributed by atoms with Gasteiger partial charge in [0.1, 0.15) is 12.4 Å². The first kappa shape index (κ1) is 13.5. The predicted molar refractivity (Wildman–Crippen MR) is 72.3 cm³/mol. The second-order valence-electron chi connectivity index (χ2n) is 3.78. The van der Waals surface area contributed by atoms with E-state index in [4.69, 9.17) is 9.84 Å². The fourth-order valence-corrected chi connectivity index (χ4v) is 2.01. The Morgan fingerprint density at radius 1 is 1.47 bits per heavy atom. The number of ether oxygens (including phenoxy) is 1. The minimum Gasteiger partial charge on any atom is -0.487 e. The molecule has 2 aromatic rings. The Kier molecular flexibility index (Phi) is 4.88. The van der Waals surface area contributed by atoms with E-state index in [1.54, 1.807) is 29.8 Å². The first-order chi connectivity index (χ1) is 9.29. The molecule has 0 radical (unpaired) electrons. The smallest absolute Gasteiger partial charge is 0.251 e. The van der Waals surface area contributed by atoms with Crippen LogP contribution in [0.5, 0.6) is 5.75 Å². The van der Waals surface area contributed by atoms with Crippen LogP contribution in [0, 0.1) is 0 Å². The zero-order valence-electron chi connectivity index (χ0n) is 10.2. The van der Waals surface area contributed by atoms with Crippen molar-refractivity contribution in [3.8, 4) is 5.75 Å². The van der Waals surface area contributed by atoms with Gasteiger partial charge in [-0.15, -0.1) is 11.3 Å². The van der Waals surface area contributed by atoms with E-state index in [9.17, 15) is 4.79 Å². The molecule has 0 aliphatic carbocycles. The highest BCUT2D eigenvalue weighted by atomic mass is 32.1. The molecule has 0 atom stereocenters. The van der Waals surface area contributed by atoms with Crippen molar-refractivity contribution in [2.45, 2.75) is 6.61 Å². The van der Waals surface area contributed by atoms with Crippen LogP contribution in [-0.2, 0) is 6.61 Å². The second kappa shape index (κ2) is 6.86. The third-order valence-corrected chi connectivity index (χ3v) is 3.00. The molecule has 0 saturated heterocycles. The largest absolute Gasteiger partial charge is 0.487 e. The molecular formula is C13H14N2O3S. The summed E-state index contributed by atoms with van der Waals surface area (Å²) in [6.45, 7) is 0.541. The van der Waals surface area contributed by atoms with Gasteiger partial charge >= 0.3 is 0 Å². The van der Waals surface area contributed by atoms with Gasteiger partial charge in [0, 0.05) is 17.5 Å². The van der Waals surface area contributed by atoms with Gasteiger partial charge in [0.15, 0.2) is 0 Å². The van der Waals surface area contributed by atoms with E-state index in [1.807, 2.05) is 5.38 Å². The average Bonchev–Trinajstić information content (AvgIpc) is 2.96. The number of rotatable bonds is 6. The highest BCUT2D eigenvalue weighted by Gasteiger charge is 2.06. The Labute approximate surface area is 114 Å². The summed E-state index contributed by atoms with van der Waals surface area (Å²) in [7, 11) is 0. The Hall–Kier alpha value is -1.92. The van der Waals surface area contributed by atoms with Crippen LogP contribution in [0.3, 0.4) is 0 Å². The number of nitrogens with one attached hydrogen (secondary N) is 1. The SMILES string of the molecule is O=C(NCCO)c1cccc(OCc2cscn2)c1. The number of thiazole rings is 1. The molecule has 5 nitrogen and oxygen atoms in total. The molecule has 2 rings (SSSR count). The second-order valence-corrected chi connectivity index (χ2v) is 4.49. The number of aliphatic hydroxyl groups excluding tert-OH is 1. The molecule has 19 heavy (non-hydrogen) atoms. The van der Waals surface area contributed by atoms with Crippen molar-refractivity contribution < 1.29 is 14.6 Å². The van der Waals surface area contributed by atoms with Crippen LogP contribution >= 0.6 is 11.3 Å². The quantitative estimate of drug-likeness (QED) is 0.839. The Morgan fingerprint density at radius 2 is 2.37 bits per heavy atom. The van der Waals surface area contributed by atoms with Gasteiger partial charge in [0.2, 0.25) is 0 Å². The van der Waals surface area contributed by atoms with E-state index in [2.05, 4.69) is 10.3 Å². The molecule has 0 fully saturated rings. The molecule has 0 spiro atoms. The highest BCUT2D eigenvalue weighted by molar-refractivity contribution is 7.07. The van der Waals surface area contributed by atoms with E-state index < -0.39 is 0 Å². The van der Waals surface area contributed by atoms with Crippen LogP contribution in [0.2, 0.25) is 0 Å². The Balaban J connectivity index is 1.96. The molecule has 1 aromatic heterocycles. The van der Waals surface area contributed by atoms with Crippen molar-refractivity contribution in [2.75, 3.05) is 13.2 Å². The van der Waals surface area contributed by atoms with Gasteiger partial charge in [-0.2, -0.15) is 0 Å². The minimum absolute atomic E-state index is 0.0776. The van der Waals surface area contributed by atoms with Crippen molar-refractivity contribution in [1.29, 1.82) is 0 Å². The number of benzene rings is 1. The lowest BCUT2D eigenvalue weighted by molar-refractivity contribution is 0.0944. The number of hydrogen-bond acceptors (Lipinski definition) is 5. The van der Waals surface area contributed by atoms with Gasteiger partial charge in [-0.25, -0.2) is 4.98 Å². The summed E-state index contributed by atoms with van der Waals surface area (Å²) >= 11 is 1.51. The topological polar surface area (TPSA) is 71.5 Å². The number of carbonyl (C=O) groups is 1. The monoisotopic (exact) mass is 278 g/mol. The van der Waals surface area contributed by atoms with Crippen molar-refractivity contribution in [2.24, 2.45) is 0 Å². The molecule has 1 heterocycles. The van der Waals surface area contributed by atoms with E-state index in [1.165, 1.54) is 11.3 Å². The van der Waals surface area contributed by atoms with Crippen molar-refractivity contribution in [3.63, 3.8) is 0 Å². The molecule has 1 aromatic carbocycles. The van der Waals surface area contributed by atoms with Gasteiger partial charge in [-0.05, 0) is 18.2 Å². The Bertz CT molecular complexity index is 528. The van der Waals surface area contributed by atoms with Crippen molar-refractivity contribution in [3.05, 3.63) is 46.4 Å². The molecule has 0 unspecified atom stereocenters. The number of nitrogens with zero attached hydrogens (tertiary/aromatic N) is 1. The van der Waals surface area contributed by atoms with Gasteiger partial charge in [-0.3, -0.25) is 4.79 Å².